The third kappa shape index (κ3) is 4.54. The first-order chi connectivity index (χ1) is 12.7. The fraction of sp³-hybridized carbons (Fsp3) is 0.316. The van der Waals surface area contributed by atoms with Crippen molar-refractivity contribution < 1.29 is 18.7 Å². The quantitative estimate of drug-likeness (QED) is 0.602. The summed E-state index contributed by atoms with van der Waals surface area (Å²) in [5.74, 6) is -1.35. The van der Waals surface area contributed by atoms with Gasteiger partial charge in [0.25, 0.3) is 0 Å². The second-order valence-electron chi connectivity index (χ2n) is 6.18. The Hall–Kier alpha value is -2.67. The van der Waals surface area contributed by atoms with Crippen LogP contribution in [0.4, 0.5) is 4.39 Å². The number of aromatic nitrogens is 2. The summed E-state index contributed by atoms with van der Waals surface area (Å²) >= 11 is 6.37. The van der Waals surface area contributed by atoms with Crippen LogP contribution in [0.15, 0.2) is 30.3 Å². The number of esters is 1. The SMILES string of the molecule is CCC(C)(NC(=O)/C=C/c1c(C)nn(-c2ccc(F)cc2)c1Cl)C(=O)OC. The molecule has 1 atom stereocenters. The lowest BCUT2D eigenvalue weighted by molar-refractivity contribution is -0.149. The Morgan fingerprint density at radius 3 is 2.56 bits per heavy atom. The molecule has 1 aromatic heterocycles. The lowest BCUT2D eigenvalue weighted by Gasteiger charge is -2.25. The molecule has 0 saturated carbocycles. The maximum Gasteiger partial charge on any atom is 0.331 e. The van der Waals surface area contributed by atoms with E-state index in [0.29, 0.717) is 23.4 Å². The maximum absolute atomic E-state index is 13.1. The number of benzene rings is 1. The number of methoxy groups -OCH3 is 1. The molecule has 1 aromatic carbocycles. The average Bonchev–Trinajstić information content (AvgIpc) is 2.93. The molecule has 1 N–H and O–H groups in total. The van der Waals surface area contributed by atoms with E-state index in [9.17, 15) is 14.0 Å². The van der Waals surface area contributed by atoms with Crippen LogP contribution in [0, 0.1) is 12.7 Å². The highest BCUT2D eigenvalue weighted by Gasteiger charge is 2.33. The Kier molecular flexibility index (Phi) is 6.38. The van der Waals surface area contributed by atoms with Gasteiger partial charge in [-0.1, -0.05) is 18.5 Å². The minimum atomic E-state index is -1.12. The standard InChI is InChI=1S/C19H21ClFN3O3/c1-5-19(3,18(26)27-4)22-16(25)11-10-15-12(2)23-24(17(15)20)14-8-6-13(21)7-9-14/h6-11H,5H2,1-4H3,(H,22,25)/b11-10+. The van der Waals surface area contributed by atoms with Crippen molar-refractivity contribution in [2.24, 2.45) is 0 Å². The molecule has 0 aliphatic carbocycles. The second kappa shape index (κ2) is 8.35. The van der Waals surface area contributed by atoms with Gasteiger partial charge < -0.3 is 10.1 Å². The van der Waals surface area contributed by atoms with Crippen LogP contribution in [0.3, 0.4) is 0 Å². The Morgan fingerprint density at radius 2 is 2.00 bits per heavy atom. The molecule has 0 aliphatic rings. The summed E-state index contributed by atoms with van der Waals surface area (Å²) in [4.78, 5) is 24.1. The topological polar surface area (TPSA) is 73.2 Å². The largest absolute Gasteiger partial charge is 0.467 e. The number of hydrogen-bond donors (Lipinski definition) is 1. The van der Waals surface area contributed by atoms with E-state index < -0.39 is 17.4 Å². The summed E-state index contributed by atoms with van der Waals surface area (Å²) in [6, 6.07) is 5.72. The van der Waals surface area contributed by atoms with E-state index in [0.717, 1.165) is 0 Å². The van der Waals surface area contributed by atoms with E-state index in [-0.39, 0.29) is 11.0 Å². The van der Waals surface area contributed by atoms with Gasteiger partial charge in [0.05, 0.1) is 18.5 Å². The minimum absolute atomic E-state index is 0.286. The number of ether oxygens (including phenoxy) is 1. The number of aryl methyl sites for hydroxylation is 1. The van der Waals surface area contributed by atoms with Gasteiger partial charge >= 0.3 is 5.97 Å². The number of halogens is 2. The van der Waals surface area contributed by atoms with Crippen LogP contribution in [0.5, 0.6) is 0 Å². The molecular weight excluding hydrogens is 373 g/mol. The predicted molar refractivity (Wildman–Crippen MR) is 101 cm³/mol. The number of hydrogen-bond acceptors (Lipinski definition) is 4. The number of amides is 1. The van der Waals surface area contributed by atoms with E-state index in [1.54, 1.807) is 32.9 Å². The van der Waals surface area contributed by atoms with Crippen molar-refractivity contribution in [3.05, 3.63) is 52.6 Å². The fourth-order valence-electron chi connectivity index (χ4n) is 2.44. The molecule has 1 unspecified atom stereocenters. The van der Waals surface area contributed by atoms with Crippen molar-refractivity contribution >= 4 is 29.6 Å². The Morgan fingerprint density at radius 1 is 1.37 bits per heavy atom. The molecule has 0 saturated heterocycles. The number of nitrogens with zero attached hydrogens (tertiary/aromatic N) is 2. The van der Waals surface area contributed by atoms with Gasteiger partial charge in [-0.05, 0) is 50.6 Å². The molecule has 0 radical (unpaired) electrons. The molecule has 1 heterocycles. The van der Waals surface area contributed by atoms with Crippen molar-refractivity contribution in [3.63, 3.8) is 0 Å². The monoisotopic (exact) mass is 393 g/mol. The summed E-state index contributed by atoms with van der Waals surface area (Å²) < 4.78 is 19.3. The maximum atomic E-state index is 13.1. The van der Waals surface area contributed by atoms with Crippen molar-refractivity contribution in [1.82, 2.24) is 15.1 Å². The van der Waals surface area contributed by atoms with Crippen molar-refractivity contribution in [1.29, 1.82) is 0 Å². The third-order valence-electron chi connectivity index (χ3n) is 4.26. The molecule has 0 spiro atoms. The zero-order valence-electron chi connectivity index (χ0n) is 15.5. The predicted octanol–water partition coefficient (Wildman–Crippen LogP) is 3.44. The first-order valence-corrected chi connectivity index (χ1v) is 8.69. The van der Waals surface area contributed by atoms with Crippen molar-refractivity contribution in [2.45, 2.75) is 32.7 Å². The smallest absolute Gasteiger partial charge is 0.331 e. The van der Waals surface area contributed by atoms with E-state index >= 15 is 0 Å². The van der Waals surface area contributed by atoms with E-state index in [2.05, 4.69) is 10.4 Å². The summed E-state index contributed by atoms with van der Waals surface area (Å²) in [7, 11) is 1.27. The third-order valence-corrected chi connectivity index (χ3v) is 4.63. The number of carbonyl (C=O) groups is 2. The van der Waals surface area contributed by atoms with Crippen LogP contribution in [-0.4, -0.2) is 34.3 Å². The van der Waals surface area contributed by atoms with Crippen LogP contribution in [0.25, 0.3) is 11.8 Å². The minimum Gasteiger partial charge on any atom is -0.467 e. The van der Waals surface area contributed by atoms with E-state index in [4.69, 9.17) is 16.3 Å². The van der Waals surface area contributed by atoms with Crippen molar-refractivity contribution in [2.75, 3.05) is 7.11 Å². The fourth-order valence-corrected chi connectivity index (χ4v) is 2.77. The average molecular weight is 394 g/mol. The van der Waals surface area contributed by atoms with Gasteiger partial charge in [-0.2, -0.15) is 5.10 Å². The zero-order valence-corrected chi connectivity index (χ0v) is 16.3. The van der Waals surface area contributed by atoms with E-state index in [1.165, 1.54) is 36.1 Å². The molecule has 0 bridgehead atoms. The van der Waals surface area contributed by atoms with Gasteiger partial charge in [0.2, 0.25) is 5.91 Å². The van der Waals surface area contributed by atoms with Gasteiger partial charge in [-0.25, -0.2) is 13.9 Å². The van der Waals surface area contributed by atoms with Crippen LogP contribution in [-0.2, 0) is 14.3 Å². The van der Waals surface area contributed by atoms with Crippen LogP contribution >= 0.6 is 11.6 Å². The Balaban J connectivity index is 2.23. The molecule has 6 nitrogen and oxygen atoms in total. The van der Waals surface area contributed by atoms with E-state index in [1.807, 2.05) is 0 Å². The number of carbonyl (C=O) groups excluding carboxylic acids is 2. The number of rotatable bonds is 6. The summed E-state index contributed by atoms with van der Waals surface area (Å²) in [6.07, 6.45) is 3.18. The zero-order chi connectivity index (χ0) is 20.2. The molecule has 144 valence electrons. The second-order valence-corrected chi connectivity index (χ2v) is 6.54. The number of nitrogens with one attached hydrogen (secondary N) is 1. The van der Waals surface area contributed by atoms with Gasteiger partial charge in [-0.15, -0.1) is 0 Å². The summed E-state index contributed by atoms with van der Waals surface area (Å²) in [5, 5.41) is 7.25. The Bertz CT molecular complexity index is 877. The highest BCUT2D eigenvalue weighted by Crippen LogP contribution is 2.25. The molecule has 1 amide bonds. The lowest BCUT2D eigenvalue weighted by atomic mass is 9.99. The molecule has 8 heteroatoms. The normalized spacial score (nSPS) is 13.4. The molecule has 2 aromatic rings. The summed E-state index contributed by atoms with van der Waals surface area (Å²) in [6.45, 7) is 5.11. The van der Waals surface area contributed by atoms with Gasteiger partial charge in [0.1, 0.15) is 16.5 Å². The van der Waals surface area contributed by atoms with Gasteiger partial charge in [0.15, 0.2) is 0 Å². The highest BCUT2D eigenvalue weighted by molar-refractivity contribution is 6.31. The highest BCUT2D eigenvalue weighted by atomic mass is 35.5. The molecule has 0 fully saturated rings. The molecule has 2 rings (SSSR count). The van der Waals surface area contributed by atoms with Crippen LogP contribution in [0.2, 0.25) is 5.15 Å². The van der Waals surface area contributed by atoms with Crippen molar-refractivity contribution in [3.8, 4) is 5.69 Å². The van der Waals surface area contributed by atoms with Gasteiger partial charge in [0, 0.05) is 11.6 Å². The molecular formula is C19H21ClFN3O3. The van der Waals surface area contributed by atoms with Gasteiger partial charge in [-0.3, -0.25) is 4.79 Å². The first-order valence-electron chi connectivity index (χ1n) is 8.31. The van der Waals surface area contributed by atoms with Crippen LogP contribution in [0.1, 0.15) is 31.5 Å². The first kappa shape index (κ1) is 20.6. The summed E-state index contributed by atoms with van der Waals surface area (Å²) in [5.41, 5.74) is 0.623. The Labute approximate surface area is 162 Å². The molecule has 0 aliphatic heterocycles. The van der Waals surface area contributed by atoms with Crippen LogP contribution < -0.4 is 5.32 Å². The lowest BCUT2D eigenvalue weighted by Crippen LogP contribution is -2.51. The molecule has 27 heavy (non-hydrogen) atoms.